The number of rotatable bonds is 5. The van der Waals surface area contributed by atoms with E-state index in [-0.39, 0.29) is 0 Å². The Morgan fingerprint density at radius 1 is 1.35 bits per heavy atom. The van der Waals surface area contributed by atoms with Crippen LogP contribution in [0.2, 0.25) is 4.34 Å². The van der Waals surface area contributed by atoms with Gasteiger partial charge in [-0.15, -0.1) is 11.3 Å². The summed E-state index contributed by atoms with van der Waals surface area (Å²) in [6, 6.07) is 5.93. The Balaban J connectivity index is 2.24. The molecule has 2 aromatic heterocycles. The summed E-state index contributed by atoms with van der Waals surface area (Å²) in [6.45, 7) is 4.98. The van der Waals surface area contributed by atoms with Crippen molar-refractivity contribution in [3.63, 3.8) is 0 Å². The zero-order valence-electron chi connectivity index (χ0n) is 12.1. The number of hydrogen-bond donors (Lipinski definition) is 1. The van der Waals surface area contributed by atoms with Gasteiger partial charge >= 0.3 is 0 Å². The Bertz CT molecular complexity index is 582. The molecule has 2 rings (SSSR count). The first-order valence-corrected chi connectivity index (χ1v) is 7.71. The standard InChI is InChI=1S/C14H19ClN4S/c1-9(2)14-17-12(16-3)7-13(18-14)19(4)8-10-5-6-11(15)20-10/h5-7,9H,8H2,1-4H3,(H,16,17,18). The Kier molecular flexibility index (Phi) is 4.83. The minimum absolute atomic E-state index is 0.298. The Hall–Kier alpha value is -1.33. The van der Waals surface area contributed by atoms with Crippen molar-refractivity contribution >= 4 is 34.6 Å². The van der Waals surface area contributed by atoms with Gasteiger partial charge in [0.15, 0.2) is 0 Å². The van der Waals surface area contributed by atoms with Crippen LogP contribution >= 0.6 is 22.9 Å². The lowest BCUT2D eigenvalue weighted by Crippen LogP contribution is -2.18. The van der Waals surface area contributed by atoms with Gasteiger partial charge in [-0.3, -0.25) is 0 Å². The third-order valence-corrected chi connectivity index (χ3v) is 4.13. The van der Waals surface area contributed by atoms with Crippen molar-refractivity contribution in [1.29, 1.82) is 0 Å². The Morgan fingerprint density at radius 3 is 2.65 bits per heavy atom. The van der Waals surface area contributed by atoms with Crippen molar-refractivity contribution in [1.82, 2.24) is 9.97 Å². The predicted octanol–water partition coefficient (Wildman–Crippen LogP) is 3.99. The van der Waals surface area contributed by atoms with Crippen LogP contribution in [0.5, 0.6) is 0 Å². The number of halogens is 1. The molecule has 0 unspecified atom stereocenters. The topological polar surface area (TPSA) is 41.0 Å². The smallest absolute Gasteiger partial charge is 0.135 e. The van der Waals surface area contributed by atoms with Gasteiger partial charge in [0.2, 0.25) is 0 Å². The van der Waals surface area contributed by atoms with Gasteiger partial charge in [0, 0.05) is 31.0 Å². The van der Waals surface area contributed by atoms with Gasteiger partial charge in [-0.2, -0.15) is 0 Å². The van der Waals surface area contributed by atoms with E-state index < -0.39 is 0 Å². The third kappa shape index (κ3) is 3.61. The molecule has 0 fully saturated rings. The molecule has 108 valence electrons. The van der Waals surface area contributed by atoms with Crippen molar-refractivity contribution in [2.45, 2.75) is 26.3 Å². The van der Waals surface area contributed by atoms with E-state index in [2.05, 4.69) is 34.0 Å². The number of hydrogen-bond acceptors (Lipinski definition) is 5. The summed E-state index contributed by atoms with van der Waals surface area (Å²) in [5.41, 5.74) is 0. The van der Waals surface area contributed by atoms with Crippen LogP contribution in [-0.4, -0.2) is 24.1 Å². The molecule has 0 radical (unpaired) electrons. The molecule has 6 heteroatoms. The first kappa shape index (κ1) is 15.1. The molecule has 0 aliphatic rings. The Morgan fingerprint density at radius 2 is 2.10 bits per heavy atom. The lowest BCUT2D eigenvalue weighted by atomic mass is 10.2. The molecule has 0 bridgehead atoms. The van der Waals surface area contributed by atoms with Crippen molar-refractivity contribution < 1.29 is 0 Å². The second-order valence-corrected chi connectivity index (χ2v) is 6.74. The zero-order chi connectivity index (χ0) is 14.7. The van der Waals surface area contributed by atoms with Crippen molar-refractivity contribution in [2.75, 3.05) is 24.3 Å². The summed E-state index contributed by atoms with van der Waals surface area (Å²) in [5.74, 6) is 2.90. The first-order valence-electron chi connectivity index (χ1n) is 6.51. The van der Waals surface area contributed by atoms with Gasteiger partial charge in [0.05, 0.1) is 10.9 Å². The van der Waals surface area contributed by atoms with Gasteiger partial charge < -0.3 is 10.2 Å². The average molecular weight is 311 g/mol. The molecule has 2 heterocycles. The lowest BCUT2D eigenvalue weighted by molar-refractivity contribution is 0.765. The number of thiophene rings is 1. The molecule has 0 saturated carbocycles. The number of nitrogens with zero attached hydrogens (tertiary/aromatic N) is 3. The largest absolute Gasteiger partial charge is 0.373 e. The summed E-state index contributed by atoms with van der Waals surface area (Å²) >= 11 is 7.56. The number of aromatic nitrogens is 2. The fourth-order valence-corrected chi connectivity index (χ4v) is 2.93. The summed E-state index contributed by atoms with van der Waals surface area (Å²) < 4.78 is 0.815. The average Bonchev–Trinajstić information content (AvgIpc) is 2.83. The molecule has 20 heavy (non-hydrogen) atoms. The maximum atomic E-state index is 5.97. The van der Waals surface area contributed by atoms with Crippen molar-refractivity contribution in [3.8, 4) is 0 Å². The monoisotopic (exact) mass is 310 g/mol. The lowest BCUT2D eigenvalue weighted by Gasteiger charge is -2.19. The van der Waals surface area contributed by atoms with Crippen LogP contribution < -0.4 is 10.2 Å². The van der Waals surface area contributed by atoms with Gasteiger partial charge in [-0.25, -0.2) is 9.97 Å². The third-order valence-electron chi connectivity index (χ3n) is 2.92. The number of nitrogens with one attached hydrogen (secondary N) is 1. The first-order chi connectivity index (χ1) is 9.49. The van der Waals surface area contributed by atoms with Gasteiger partial charge in [-0.1, -0.05) is 25.4 Å². The van der Waals surface area contributed by atoms with Crippen LogP contribution in [0.1, 0.15) is 30.5 Å². The Labute approximate surface area is 128 Å². The van der Waals surface area contributed by atoms with Crippen LogP contribution in [0.4, 0.5) is 11.6 Å². The van der Waals surface area contributed by atoms with E-state index in [1.54, 1.807) is 11.3 Å². The molecule has 0 aliphatic heterocycles. The fourth-order valence-electron chi connectivity index (χ4n) is 1.79. The number of anilines is 2. The second kappa shape index (κ2) is 6.41. The maximum absolute atomic E-state index is 5.97. The molecule has 4 nitrogen and oxygen atoms in total. The van der Waals surface area contributed by atoms with E-state index >= 15 is 0 Å². The molecule has 0 aromatic carbocycles. The highest BCUT2D eigenvalue weighted by Crippen LogP contribution is 2.25. The van der Waals surface area contributed by atoms with E-state index in [1.165, 1.54) is 4.88 Å². The highest BCUT2D eigenvalue weighted by molar-refractivity contribution is 7.16. The molecule has 0 aliphatic carbocycles. The highest BCUT2D eigenvalue weighted by Gasteiger charge is 2.11. The van der Waals surface area contributed by atoms with Gasteiger partial charge in [-0.05, 0) is 12.1 Å². The van der Waals surface area contributed by atoms with E-state index in [0.717, 1.165) is 28.3 Å². The van der Waals surface area contributed by atoms with Crippen LogP contribution in [0, 0.1) is 0 Å². The second-order valence-electron chi connectivity index (χ2n) is 4.94. The van der Waals surface area contributed by atoms with E-state index in [9.17, 15) is 0 Å². The van der Waals surface area contributed by atoms with E-state index in [0.29, 0.717) is 5.92 Å². The van der Waals surface area contributed by atoms with Gasteiger partial charge in [0.25, 0.3) is 0 Å². The molecule has 0 atom stereocenters. The molecular weight excluding hydrogens is 292 g/mol. The fraction of sp³-hybridized carbons (Fsp3) is 0.429. The van der Waals surface area contributed by atoms with Crippen molar-refractivity contribution in [3.05, 3.63) is 33.2 Å². The summed E-state index contributed by atoms with van der Waals surface area (Å²) in [6.07, 6.45) is 0. The molecule has 0 spiro atoms. The maximum Gasteiger partial charge on any atom is 0.135 e. The van der Waals surface area contributed by atoms with Crippen LogP contribution in [0.25, 0.3) is 0 Å². The summed E-state index contributed by atoms with van der Waals surface area (Å²) in [4.78, 5) is 12.4. The normalized spacial score (nSPS) is 10.9. The minimum atomic E-state index is 0.298. The minimum Gasteiger partial charge on any atom is -0.373 e. The van der Waals surface area contributed by atoms with Crippen molar-refractivity contribution in [2.24, 2.45) is 0 Å². The molecule has 1 N–H and O–H groups in total. The molecule has 2 aromatic rings. The molecule has 0 amide bonds. The quantitative estimate of drug-likeness (QED) is 0.906. The molecule has 0 saturated heterocycles. The van der Waals surface area contributed by atoms with Crippen LogP contribution in [0.15, 0.2) is 18.2 Å². The SMILES string of the molecule is CNc1cc(N(C)Cc2ccc(Cl)s2)nc(C(C)C)n1. The van der Waals surface area contributed by atoms with Crippen LogP contribution in [0.3, 0.4) is 0 Å². The van der Waals surface area contributed by atoms with E-state index in [1.807, 2.05) is 32.3 Å². The van der Waals surface area contributed by atoms with E-state index in [4.69, 9.17) is 11.6 Å². The zero-order valence-corrected chi connectivity index (χ0v) is 13.7. The predicted molar refractivity (Wildman–Crippen MR) is 87.1 cm³/mol. The van der Waals surface area contributed by atoms with Gasteiger partial charge in [0.1, 0.15) is 17.5 Å². The molecular formula is C14H19ClN4S. The summed E-state index contributed by atoms with van der Waals surface area (Å²) in [7, 11) is 3.90. The van der Waals surface area contributed by atoms with Crippen LogP contribution in [-0.2, 0) is 6.54 Å². The summed E-state index contributed by atoms with van der Waals surface area (Å²) in [5, 5.41) is 3.09. The highest BCUT2D eigenvalue weighted by atomic mass is 35.5.